The lowest BCUT2D eigenvalue weighted by atomic mass is 10.0. The molecule has 0 aliphatic heterocycles. The molecule has 1 N–H and O–H groups in total. The molecule has 1 amide bonds. The molecule has 2 aromatic rings. The van der Waals surface area contributed by atoms with E-state index in [-0.39, 0.29) is 5.91 Å². The Morgan fingerprint density at radius 2 is 1.62 bits per heavy atom. The lowest BCUT2D eigenvalue weighted by Gasteiger charge is -2.25. The average Bonchev–Trinajstić information content (AvgIpc) is 2.49. The Hall–Kier alpha value is -2.33. The van der Waals surface area contributed by atoms with E-state index >= 15 is 0 Å². The number of nitrogens with zero attached hydrogens (tertiary/aromatic N) is 1. The second-order valence-corrected chi connectivity index (χ2v) is 5.01. The van der Waals surface area contributed by atoms with E-state index in [1.165, 1.54) is 11.9 Å². The van der Waals surface area contributed by atoms with Crippen molar-refractivity contribution in [1.29, 1.82) is 0 Å². The van der Waals surface area contributed by atoms with Gasteiger partial charge in [0, 0.05) is 17.6 Å². The SMILES string of the molecule is CN(C(=O)c1ccccc1)C(C(=O)O)c1ccc(Cl)cc1. The number of hydrogen-bond acceptors (Lipinski definition) is 2. The van der Waals surface area contributed by atoms with Gasteiger partial charge in [-0.1, -0.05) is 41.9 Å². The van der Waals surface area contributed by atoms with Crippen molar-refractivity contribution in [2.75, 3.05) is 7.05 Å². The summed E-state index contributed by atoms with van der Waals surface area (Å²) in [6.07, 6.45) is 0. The molecule has 0 radical (unpaired) electrons. The lowest BCUT2D eigenvalue weighted by Crippen LogP contribution is -2.35. The Balaban J connectivity index is 2.32. The Kier molecular flexibility index (Phi) is 4.60. The summed E-state index contributed by atoms with van der Waals surface area (Å²) in [5.74, 6) is -1.44. The summed E-state index contributed by atoms with van der Waals surface area (Å²) < 4.78 is 0. The first-order chi connectivity index (χ1) is 10.0. The Morgan fingerprint density at radius 3 is 2.14 bits per heavy atom. The van der Waals surface area contributed by atoms with Crippen LogP contribution in [0.1, 0.15) is 22.0 Å². The molecule has 108 valence electrons. The summed E-state index contributed by atoms with van der Waals surface area (Å²) in [6.45, 7) is 0. The predicted octanol–water partition coefficient (Wildman–Crippen LogP) is 3.24. The van der Waals surface area contributed by atoms with Crippen LogP contribution in [0.15, 0.2) is 54.6 Å². The zero-order chi connectivity index (χ0) is 15.4. The van der Waals surface area contributed by atoms with Crippen molar-refractivity contribution >= 4 is 23.5 Å². The minimum Gasteiger partial charge on any atom is -0.479 e. The van der Waals surface area contributed by atoms with E-state index in [1.807, 2.05) is 0 Å². The third-order valence-electron chi connectivity index (χ3n) is 3.15. The first kappa shape index (κ1) is 15.1. The summed E-state index contributed by atoms with van der Waals surface area (Å²) in [5.41, 5.74) is 0.943. The quantitative estimate of drug-likeness (QED) is 0.943. The monoisotopic (exact) mass is 303 g/mol. The van der Waals surface area contributed by atoms with Gasteiger partial charge in [-0.25, -0.2) is 4.79 Å². The maximum atomic E-state index is 12.4. The van der Waals surface area contributed by atoms with Crippen LogP contribution < -0.4 is 0 Å². The Morgan fingerprint density at radius 1 is 1.05 bits per heavy atom. The van der Waals surface area contributed by atoms with Crippen molar-refractivity contribution < 1.29 is 14.7 Å². The first-order valence-corrected chi connectivity index (χ1v) is 6.69. The standard InChI is InChI=1S/C16H14ClNO3/c1-18(15(19)12-5-3-2-4-6-12)14(16(20)21)11-7-9-13(17)10-8-11/h2-10,14H,1H3,(H,20,21). The maximum Gasteiger partial charge on any atom is 0.331 e. The van der Waals surface area contributed by atoms with Crippen molar-refractivity contribution in [3.8, 4) is 0 Å². The molecule has 0 saturated heterocycles. The maximum absolute atomic E-state index is 12.4. The molecule has 0 spiro atoms. The molecule has 2 rings (SSSR count). The van der Waals surface area contributed by atoms with Crippen LogP contribution in [0.2, 0.25) is 5.02 Å². The smallest absolute Gasteiger partial charge is 0.331 e. The fourth-order valence-corrected chi connectivity index (χ4v) is 2.20. The minimum absolute atomic E-state index is 0.349. The number of carbonyl (C=O) groups is 2. The molecule has 0 fully saturated rings. The number of benzene rings is 2. The second-order valence-electron chi connectivity index (χ2n) is 4.57. The van der Waals surface area contributed by atoms with E-state index < -0.39 is 12.0 Å². The van der Waals surface area contributed by atoms with E-state index in [0.717, 1.165) is 0 Å². The normalized spacial score (nSPS) is 11.7. The summed E-state index contributed by atoms with van der Waals surface area (Å²) in [4.78, 5) is 25.1. The molecule has 4 nitrogen and oxygen atoms in total. The molecule has 0 heterocycles. The predicted molar refractivity (Wildman–Crippen MR) is 80.4 cm³/mol. The molecule has 21 heavy (non-hydrogen) atoms. The van der Waals surface area contributed by atoms with Crippen LogP contribution in [-0.2, 0) is 4.79 Å². The number of carboxylic acid groups (broad SMARTS) is 1. The first-order valence-electron chi connectivity index (χ1n) is 6.31. The summed E-state index contributed by atoms with van der Waals surface area (Å²) in [6, 6.07) is 13.9. The van der Waals surface area contributed by atoms with Gasteiger partial charge in [-0.15, -0.1) is 0 Å². The lowest BCUT2D eigenvalue weighted by molar-refractivity contribution is -0.142. The van der Waals surface area contributed by atoms with Crippen LogP contribution >= 0.6 is 11.6 Å². The van der Waals surface area contributed by atoms with Crippen molar-refractivity contribution in [1.82, 2.24) is 4.90 Å². The Bertz CT molecular complexity index is 640. The van der Waals surface area contributed by atoms with Crippen LogP contribution in [0.25, 0.3) is 0 Å². The number of halogens is 1. The van der Waals surface area contributed by atoms with Crippen LogP contribution in [0.3, 0.4) is 0 Å². The zero-order valence-corrected chi connectivity index (χ0v) is 12.1. The van der Waals surface area contributed by atoms with Crippen LogP contribution in [0.4, 0.5) is 0 Å². The van der Waals surface area contributed by atoms with Crippen LogP contribution in [-0.4, -0.2) is 28.9 Å². The fourth-order valence-electron chi connectivity index (χ4n) is 2.08. The zero-order valence-electron chi connectivity index (χ0n) is 11.4. The molecular weight excluding hydrogens is 290 g/mol. The number of aliphatic carboxylic acids is 1. The number of rotatable bonds is 4. The number of amides is 1. The van der Waals surface area contributed by atoms with Gasteiger partial charge in [0.2, 0.25) is 0 Å². The minimum atomic E-state index is -1.09. The number of carboxylic acids is 1. The summed E-state index contributed by atoms with van der Waals surface area (Å²) >= 11 is 5.81. The van der Waals surface area contributed by atoms with E-state index in [0.29, 0.717) is 16.1 Å². The van der Waals surface area contributed by atoms with Gasteiger partial charge >= 0.3 is 5.97 Å². The highest BCUT2D eigenvalue weighted by atomic mass is 35.5. The molecule has 0 aliphatic rings. The van der Waals surface area contributed by atoms with Gasteiger partial charge in [0.05, 0.1) is 0 Å². The van der Waals surface area contributed by atoms with Gasteiger partial charge < -0.3 is 10.0 Å². The van der Waals surface area contributed by atoms with Crippen molar-refractivity contribution in [3.05, 3.63) is 70.7 Å². The molecule has 0 saturated carbocycles. The van der Waals surface area contributed by atoms with Crippen molar-refractivity contribution in [2.24, 2.45) is 0 Å². The molecule has 5 heteroatoms. The van der Waals surface area contributed by atoms with Crippen LogP contribution in [0, 0.1) is 0 Å². The van der Waals surface area contributed by atoms with E-state index in [4.69, 9.17) is 11.6 Å². The molecule has 1 atom stereocenters. The largest absolute Gasteiger partial charge is 0.479 e. The van der Waals surface area contributed by atoms with Gasteiger partial charge in [-0.05, 0) is 29.8 Å². The van der Waals surface area contributed by atoms with Gasteiger partial charge in [-0.2, -0.15) is 0 Å². The Labute approximate surface area is 127 Å². The summed E-state index contributed by atoms with van der Waals surface area (Å²) in [7, 11) is 1.47. The topological polar surface area (TPSA) is 57.6 Å². The van der Waals surface area contributed by atoms with Crippen molar-refractivity contribution in [2.45, 2.75) is 6.04 Å². The third-order valence-corrected chi connectivity index (χ3v) is 3.40. The third kappa shape index (κ3) is 3.41. The number of hydrogen-bond donors (Lipinski definition) is 1. The average molecular weight is 304 g/mol. The fraction of sp³-hybridized carbons (Fsp3) is 0.125. The molecule has 0 bridgehead atoms. The van der Waals surface area contributed by atoms with Crippen LogP contribution in [0.5, 0.6) is 0 Å². The number of carbonyl (C=O) groups excluding carboxylic acids is 1. The van der Waals surface area contributed by atoms with Gasteiger partial charge in [0.15, 0.2) is 6.04 Å². The number of likely N-dealkylation sites (N-methyl/N-ethyl adjacent to an activating group) is 1. The molecular formula is C16H14ClNO3. The molecule has 0 aliphatic carbocycles. The van der Waals surface area contributed by atoms with Gasteiger partial charge in [0.25, 0.3) is 5.91 Å². The highest BCUT2D eigenvalue weighted by Crippen LogP contribution is 2.23. The second kappa shape index (κ2) is 6.41. The van der Waals surface area contributed by atoms with Gasteiger partial charge in [0.1, 0.15) is 0 Å². The van der Waals surface area contributed by atoms with E-state index in [1.54, 1.807) is 54.6 Å². The highest BCUT2D eigenvalue weighted by Gasteiger charge is 2.28. The molecule has 0 aromatic heterocycles. The molecule has 2 aromatic carbocycles. The van der Waals surface area contributed by atoms with Crippen molar-refractivity contribution in [3.63, 3.8) is 0 Å². The molecule has 1 unspecified atom stereocenters. The summed E-state index contributed by atoms with van der Waals surface area (Å²) in [5, 5.41) is 9.95. The van der Waals surface area contributed by atoms with E-state index in [2.05, 4.69) is 0 Å². The van der Waals surface area contributed by atoms with Gasteiger partial charge in [-0.3, -0.25) is 4.79 Å². The van der Waals surface area contributed by atoms with E-state index in [9.17, 15) is 14.7 Å². The highest BCUT2D eigenvalue weighted by molar-refractivity contribution is 6.30.